The molecule has 7 nitrogen and oxygen atoms in total. The number of ketones is 1. The molecule has 0 aromatic heterocycles. The molecule has 1 unspecified atom stereocenters. The molecule has 1 amide bonds. The van der Waals surface area contributed by atoms with Gasteiger partial charge >= 0.3 is 5.97 Å². The highest BCUT2D eigenvalue weighted by Gasteiger charge is 2.43. The van der Waals surface area contributed by atoms with Gasteiger partial charge in [-0.25, -0.2) is 0 Å². The number of carbonyl (C=O) groups is 3. The number of carbonyl (C=O) groups excluding carboxylic acids is 3. The van der Waals surface area contributed by atoms with Crippen LogP contribution in [0.5, 0.6) is 11.5 Å². The summed E-state index contributed by atoms with van der Waals surface area (Å²) in [5, 5.41) is 10.5. The van der Waals surface area contributed by atoms with Crippen LogP contribution in [-0.4, -0.2) is 29.9 Å². The van der Waals surface area contributed by atoms with Gasteiger partial charge in [0.1, 0.15) is 11.5 Å². The molecule has 7 heteroatoms. The Labute approximate surface area is 168 Å². The van der Waals surface area contributed by atoms with Crippen molar-refractivity contribution in [3.63, 3.8) is 0 Å². The molecule has 0 saturated carbocycles. The van der Waals surface area contributed by atoms with Gasteiger partial charge in [-0.05, 0) is 29.8 Å². The number of aliphatic hydroxyl groups is 1. The minimum Gasteiger partial charge on any atom is -0.503 e. The van der Waals surface area contributed by atoms with E-state index in [9.17, 15) is 19.5 Å². The molecule has 0 fully saturated rings. The lowest BCUT2D eigenvalue weighted by molar-refractivity contribution is -0.131. The summed E-state index contributed by atoms with van der Waals surface area (Å²) < 4.78 is 10.3. The number of rotatable bonds is 6. The third kappa shape index (κ3) is 3.85. The predicted molar refractivity (Wildman–Crippen MR) is 106 cm³/mol. The fourth-order valence-corrected chi connectivity index (χ4v) is 3.31. The largest absolute Gasteiger partial charge is 0.503 e. The summed E-state index contributed by atoms with van der Waals surface area (Å²) in [6.45, 7) is 2.97. The van der Waals surface area contributed by atoms with Gasteiger partial charge in [-0.2, -0.15) is 0 Å². The number of hydrogen-bond acceptors (Lipinski definition) is 6. The summed E-state index contributed by atoms with van der Waals surface area (Å²) in [6, 6.07) is 12.5. The summed E-state index contributed by atoms with van der Waals surface area (Å²) in [5.41, 5.74) is 1.12. The smallest absolute Gasteiger partial charge is 0.308 e. The number of amides is 1. The molecule has 0 aliphatic carbocycles. The highest BCUT2D eigenvalue weighted by molar-refractivity contribution is 6.16. The van der Waals surface area contributed by atoms with Crippen LogP contribution in [0.25, 0.3) is 0 Å². The monoisotopic (exact) mass is 395 g/mol. The number of nitrogens with zero attached hydrogens (tertiary/aromatic N) is 1. The molecule has 0 spiro atoms. The Morgan fingerprint density at radius 3 is 2.38 bits per heavy atom. The average Bonchev–Trinajstić information content (AvgIpc) is 2.98. The van der Waals surface area contributed by atoms with Crippen LogP contribution < -0.4 is 14.4 Å². The van der Waals surface area contributed by atoms with Gasteiger partial charge in [0.15, 0.2) is 11.5 Å². The Kier molecular flexibility index (Phi) is 5.68. The fraction of sp³-hybridized carbons (Fsp3) is 0.227. The maximum Gasteiger partial charge on any atom is 0.308 e. The molecular weight excluding hydrogens is 374 g/mol. The molecule has 1 aliphatic heterocycles. The molecule has 1 aliphatic rings. The number of ether oxygens (including phenoxy) is 2. The number of hydrogen-bond donors (Lipinski definition) is 1. The quantitative estimate of drug-likeness (QED) is 0.594. The van der Waals surface area contributed by atoms with E-state index in [2.05, 4.69) is 0 Å². The standard InChI is InChI=1S/C22H21NO6/c1-4-18(25)19-20(14-8-10-16(11-9-14)29-13(2)24)23(22(27)21(19)26)15-6-5-7-17(12-15)28-3/h5-12,20,26H,4H2,1-3H3. The third-order valence-corrected chi connectivity index (χ3v) is 4.62. The first-order valence-electron chi connectivity index (χ1n) is 9.09. The fourth-order valence-electron chi connectivity index (χ4n) is 3.31. The van der Waals surface area contributed by atoms with Gasteiger partial charge in [0.05, 0.1) is 18.7 Å². The van der Waals surface area contributed by atoms with E-state index < -0.39 is 23.7 Å². The zero-order chi connectivity index (χ0) is 21.1. The highest BCUT2D eigenvalue weighted by Crippen LogP contribution is 2.42. The Hall–Kier alpha value is -3.61. The molecule has 0 saturated heterocycles. The van der Waals surface area contributed by atoms with Crippen LogP contribution in [0, 0.1) is 0 Å². The summed E-state index contributed by atoms with van der Waals surface area (Å²) >= 11 is 0. The highest BCUT2D eigenvalue weighted by atomic mass is 16.5. The zero-order valence-electron chi connectivity index (χ0n) is 16.3. The van der Waals surface area contributed by atoms with Gasteiger partial charge in [-0.15, -0.1) is 0 Å². The van der Waals surface area contributed by atoms with Crippen molar-refractivity contribution in [2.24, 2.45) is 0 Å². The predicted octanol–water partition coefficient (Wildman–Crippen LogP) is 3.50. The minimum atomic E-state index is -0.812. The number of Topliss-reactive ketones (excluding diaryl/α,β-unsaturated/α-hetero) is 1. The van der Waals surface area contributed by atoms with Gasteiger partial charge in [-0.1, -0.05) is 25.1 Å². The average molecular weight is 395 g/mol. The summed E-state index contributed by atoms with van der Waals surface area (Å²) in [4.78, 5) is 38.0. The molecule has 150 valence electrons. The van der Waals surface area contributed by atoms with Crippen molar-refractivity contribution in [1.82, 2.24) is 0 Å². The van der Waals surface area contributed by atoms with Crippen molar-refractivity contribution in [2.45, 2.75) is 26.3 Å². The zero-order valence-corrected chi connectivity index (χ0v) is 16.3. The van der Waals surface area contributed by atoms with Crippen LogP contribution in [0.3, 0.4) is 0 Å². The number of benzene rings is 2. The van der Waals surface area contributed by atoms with Crippen LogP contribution in [0.1, 0.15) is 31.9 Å². The van der Waals surface area contributed by atoms with E-state index in [0.717, 1.165) is 0 Å². The van der Waals surface area contributed by atoms with Crippen LogP contribution in [0.15, 0.2) is 59.9 Å². The van der Waals surface area contributed by atoms with Crippen LogP contribution in [0.4, 0.5) is 5.69 Å². The Morgan fingerprint density at radius 2 is 1.79 bits per heavy atom. The molecule has 0 radical (unpaired) electrons. The molecular formula is C22H21NO6. The summed E-state index contributed by atoms with van der Waals surface area (Å²) in [5.74, 6) is -1.12. The molecule has 1 N–H and O–H groups in total. The molecule has 3 rings (SSSR count). The SMILES string of the molecule is CCC(=O)C1=C(O)C(=O)N(c2cccc(OC)c2)C1c1ccc(OC(C)=O)cc1. The van der Waals surface area contributed by atoms with E-state index in [1.165, 1.54) is 18.9 Å². The summed E-state index contributed by atoms with van der Waals surface area (Å²) in [7, 11) is 1.51. The van der Waals surface area contributed by atoms with Crippen LogP contribution in [0.2, 0.25) is 0 Å². The van der Waals surface area contributed by atoms with Crippen LogP contribution >= 0.6 is 0 Å². The first-order chi connectivity index (χ1) is 13.9. The molecule has 1 atom stereocenters. The van der Waals surface area contributed by atoms with Crippen LogP contribution in [-0.2, 0) is 14.4 Å². The minimum absolute atomic E-state index is 0.0422. The van der Waals surface area contributed by atoms with E-state index in [0.29, 0.717) is 22.7 Å². The second-order valence-electron chi connectivity index (χ2n) is 6.48. The number of anilines is 1. The molecule has 29 heavy (non-hydrogen) atoms. The maximum atomic E-state index is 12.9. The van der Waals surface area contributed by atoms with Gasteiger partial charge in [-0.3, -0.25) is 19.3 Å². The molecule has 1 heterocycles. The van der Waals surface area contributed by atoms with Gasteiger partial charge in [0.25, 0.3) is 5.91 Å². The summed E-state index contributed by atoms with van der Waals surface area (Å²) in [6.07, 6.45) is 0.140. The van der Waals surface area contributed by atoms with Gasteiger partial charge < -0.3 is 14.6 Å². The Morgan fingerprint density at radius 1 is 1.10 bits per heavy atom. The second kappa shape index (κ2) is 8.18. The molecule has 2 aromatic rings. The molecule has 0 bridgehead atoms. The number of methoxy groups -OCH3 is 1. The first kappa shape index (κ1) is 20.1. The van der Waals surface area contributed by atoms with Crippen molar-refractivity contribution in [3.8, 4) is 11.5 Å². The normalized spacial score (nSPS) is 16.2. The van der Waals surface area contributed by atoms with E-state index in [-0.39, 0.29) is 17.8 Å². The van der Waals surface area contributed by atoms with Crippen molar-refractivity contribution >= 4 is 23.3 Å². The Bertz CT molecular complexity index is 993. The first-order valence-corrected chi connectivity index (χ1v) is 9.09. The van der Waals surface area contributed by atoms with Gasteiger partial charge in [0, 0.05) is 25.1 Å². The second-order valence-corrected chi connectivity index (χ2v) is 6.48. The maximum absolute atomic E-state index is 12.9. The third-order valence-electron chi connectivity index (χ3n) is 4.62. The van der Waals surface area contributed by atoms with Gasteiger partial charge in [0.2, 0.25) is 0 Å². The van der Waals surface area contributed by atoms with Crippen molar-refractivity contribution in [3.05, 3.63) is 65.4 Å². The van der Waals surface area contributed by atoms with Crippen molar-refractivity contribution in [2.75, 3.05) is 12.0 Å². The van der Waals surface area contributed by atoms with E-state index in [1.807, 2.05) is 0 Å². The Balaban J connectivity index is 2.11. The number of aliphatic hydroxyl groups excluding tert-OH is 1. The lowest BCUT2D eigenvalue weighted by Crippen LogP contribution is -2.31. The topological polar surface area (TPSA) is 93.1 Å². The number of esters is 1. The lowest BCUT2D eigenvalue weighted by atomic mass is 9.94. The van der Waals surface area contributed by atoms with E-state index >= 15 is 0 Å². The lowest BCUT2D eigenvalue weighted by Gasteiger charge is -2.27. The van der Waals surface area contributed by atoms with Crippen molar-refractivity contribution < 1.29 is 29.0 Å². The van der Waals surface area contributed by atoms with Crippen molar-refractivity contribution in [1.29, 1.82) is 0 Å². The van der Waals surface area contributed by atoms with E-state index in [4.69, 9.17) is 9.47 Å². The molecule has 2 aromatic carbocycles. The van der Waals surface area contributed by atoms with E-state index in [1.54, 1.807) is 55.5 Å².